The highest BCUT2D eigenvalue weighted by Crippen LogP contribution is 2.18. The van der Waals surface area contributed by atoms with Gasteiger partial charge in [-0.15, -0.1) is 0 Å². The highest BCUT2D eigenvalue weighted by molar-refractivity contribution is 5.96. The third-order valence-electron chi connectivity index (χ3n) is 4.72. The Kier molecular flexibility index (Phi) is 4.19. The van der Waals surface area contributed by atoms with Gasteiger partial charge in [-0.2, -0.15) is 0 Å². The predicted molar refractivity (Wildman–Crippen MR) is 97.7 cm³/mol. The summed E-state index contributed by atoms with van der Waals surface area (Å²) in [4.78, 5) is 43.3. The maximum Gasteiger partial charge on any atom is 0.337 e. The van der Waals surface area contributed by atoms with Crippen molar-refractivity contribution < 1.29 is 14.3 Å². The molecule has 0 bridgehead atoms. The highest BCUT2D eigenvalue weighted by atomic mass is 16.5. The van der Waals surface area contributed by atoms with E-state index in [9.17, 15) is 14.4 Å². The molecule has 1 aliphatic rings. The van der Waals surface area contributed by atoms with E-state index in [2.05, 4.69) is 9.72 Å². The lowest BCUT2D eigenvalue weighted by Crippen LogP contribution is -2.40. The first-order chi connectivity index (χ1) is 13.1. The molecule has 1 aliphatic heterocycles. The maximum atomic E-state index is 12.8. The molecule has 0 unspecified atom stereocenters. The molecule has 7 heteroatoms. The van der Waals surface area contributed by atoms with Gasteiger partial charge in [-0.05, 0) is 36.4 Å². The zero-order valence-electron chi connectivity index (χ0n) is 14.7. The first-order valence-electron chi connectivity index (χ1n) is 8.55. The standard InChI is InChI=1S/C20H17N3O4/c1-27-20(26)14-7-5-13(6-8-14)18(24)22-11-9-16-15(12-22)19(25)23-10-3-2-4-17(23)21-16/h2-8,10H,9,11-12H2,1H3. The fraction of sp³-hybridized carbons (Fsp3) is 0.200. The predicted octanol–water partition coefficient (Wildman–Crippen LogP) is 1.68. The van der Waals surface area contributed by atoms with Gasteiger partial charge in [-0.1, -0.05) is 6.07 Å². The lowest BCUT2D eigenvalue weighted by molar-refractivity contribution is 0.0599. The van der Waals surface area contributed by atoms with Crippen LogP contribution in [0.1, 0.15) is 32.0 Å². The second-order valence-corrected chi connectivity index (χ2v) is 6.32. The van der Waals surface area contributed by atoms with Crippen LogP contribution in [0.25, 0.3) is 5.65 Å². The second kappa shape index (κ2) is 6.68. The lowest BCUT2D eigenvalue weighted by Gasteiger charge is -2.28. The Balaban J connectivity index is 1.62. The van der Waals surface area contributed by atoms with Gasteiger partial charge in [0.1, 0.15) is 5.65 Å². The molecule has 0 fully saturated rings. The number of rotatable bonds is 2. The van der Waals surface area contributed by atoms with Crippen molar-refractivity contribution in [1.29, 1.82) is 0 Å². The summed E-state index contributed by atoms with van der Waals surface area (Å²) in [5, 5.41) is 0. The van der Waals surface area contributed by atoms with Crippen molar-refractivity contribution in [1.82, 2.24) is 14.3 Å². The van der Waals surface area contributed by atoms with Crippen LogP contribution in [0, 0.1) is 0 Å². The molecule has 2 aromatic heterocycles. The average molecular weight is 363 g/mol. The number of fused-ring (bicyclic) bond motifs is 2. The quantitative estimate of drug-likeness (QED) is 0.647. The second-order valence-electron chi connectivity index (χ2n) is 6.32. The molecule has 136 valence electrons. The third kappa shape index (κ3) is 2.97. The van der Waals surface area contributed by atoms with Crippen LogP contribution in [0.4, 0.5) is 0 Å². The number of carbonyl (C=O) groups excluding carboxylic acids is 2. The van der Waals surface area contributed by atoms with Crippen molar-refractivity contribution >= 4 is 17.5 Å². The number of esters is 1. The van der Waals surface area contributed by atoms with Gasteiger partial charge >= 0.3 is 5.97 Å². The first kappa shape index (κ1) is 17.0. The number of benzene rings is 1. The monoisotopic (exact) mass is 363 g/mol. The summed E-state index contributed by atoms with van der Waals surface area (Å²) in [6.45, 7) is 0.705. The zero-order valence-corrected chi connectivity index (χ0v) is 14.7. The van der Waals surface area contributed by atoms with Gasteiger partial charge in [-0.3, -0.25) is 14.0 Å². The van der Waals surface area contributed by atoms with E-state index in [1.54, 1.807) is 47.5 Å². The minimum Gasteiger partial charge on any atom is -0.465 e. The van der Waals surface area contributed by atoms with Crippen LogP contribution in [-0.2, 0) is 17.7 Å². The average Bonchev–Trinajstić information content (AvgIpc) is 2.73. The van der Waals surface area contributed by atoms with Crippen LogP contribution >= 0.6 is 0 Å². The van der Waals surface area contributed by atoms with Crippen molar-refractivity contribution in [3.05, 3.63) is 81.4 Å². The van der Waals surface area contributed by atoms with Crippen molar-refractivity contribution in [3.8, 4) is 0 Å². The normalized spacial score (nSPS) is 13.3. The minimum absolute atomic E-state index is 0.144. The summed E-state index contributed by atoms with van der Waals surface area (Å²) in [7, 11) is 1.31. The van der Waals surface area contributed by atoms with E-state index in [-0.39, 0.29) is 18.0 Å². The Bertz CT molecular complexity index is 1100. The molecule has 0 saturated heterocycles. The van der Waals surface area contributed by atoms with Crippen LogP contribution in [-0.4, -0.2) is 39.8 Å². The van der Waals surface area contributed by atoms with Crippen LogP contribution in [0.15, 0.2) is 53.5 Å². The Labute approximate surface area is 154 Å². The molecule has 0 spiro atoms. The van der Waals surface area contributed by atoms with Crippen molar-refractivity contribution in [2.45, 2.75) is 13.0 Å². The Hall–Kier alpha value is -3.48. The number of nitrogens with zero attached hydrogens (tertiary/aromatic N) is 3. The Morgan fingerprint density at radius 2 is 1.81 bits per heavy atom. The first-order valence-corrected chi connectivity index (χ1v) is 8.55. The summed E-state index contributed by atoms with van der Waals surface area (Å²) in [5.74, 6) is -0.638. The lowest BCUT2D eigenvalue weighted by atomic mass is 10.0. The van der Waals surface area contributed by atoms with Crippen LogP contribution in [0.2, 0.25) is 0 Å². The van der Waals surface area contributed by atoms with E-state index < -0.39 is 5.97 Å². The number of amides is 1. The molecular formula is C20H17N3O4. The van der Waals surface area contributed by atoms with E-state index >= 15 is 0 Å². The highest BCUT2D eigenvalue weighted by Gasteiger charge is 2.25. The summed E-state index contributed by atoms with van der Waals surface area (Å²) in [5.41, 5.74) is 2.60. The molecule has 4 rings (SSSR count). The number of hydrogen-bond donors (Lipinski definition) is 0. The topological polar surface area (TPSA) is 81.0 Å². The van der Waals surface area contributed by atoms with Gasteiger partial charge in [0, 0.05) is 24.7 Å². The molecule has 0 N–H and O–H groups in total. The van der Waals surface area contributed by atoms with Crippen molar-refractivity contribution in [3.63, 3.8) is 0 Å². The number of ether oxygens (including phenoxy) is 1. The SMILES string of the molecule is COC(=O)c1ccc(C(=O)N2CCc3nc4ccccn4c(=O)c3C2)cc1. The fourth-order valence-electron chi connectivity index (χ4n) is 3.27. The molecule has 1 aromatic carbocycles. The van der Waals surface area contributed by atoms with Crippen LogP contribution < -0.4 is 5.56 Å². The van der Waals surface area contributed by atoms with E-state index in [4.69, 9.17) is 0 Å². The van der Waals surface area contributed by atoms with Crippen molar-refractivity contribution in [2.24, 2.45) is 0 Å². The molecule has 0 radical (unpaired) electrons. The number of carbonyl (C=O) groups is 2. The Morgan fingerprint density at radius 3 is 2.56 bits per heavy atom. The molecule has 7 nitrogen and oxygen atoms in total. The van der Waals surface area contributed by atoms with Gasteiger partial charge in [-0.25, -0.2) is 9.78 Å². The van der Waals surface area contributed by atoms with E-state index in [0.29, 0.717) is 35.3 Å². The van der Waals surface area contributed by atoms with Gasteiger partial charge < -0.3 is 9.64 Å². The third-order valence-corrected chi connectivity index (χ3v) is 4.72. The molecule has 0 atom stereocenters. The van der Waals surface area contributed by atoms with Crippen molar-refractivity contribution in [2.75, 3.05) is 13.7 Å². The number of aromatic nitrogens is 2. The number of methoxy groups -OCH3 is 1. The molecular weight excluding hydrogens is 346 g/mol. The smallest absolute Gasteiger partial charge is 0.337 e. The molecule has 0 aliphatic carbocycles. The van der Waals surface area contributed by atoms with Gasteiger partial charge in [0.2, 0.25) is 0 Å². The Morgan fingerprint density at radius 1 is 1.07 bits per heavy atom. The van der Waals surface area contributed by atoms with E-state index in [0.717, 1.165) is 5.69 Å². The largest absolute Gasteiger partial charge is 0.465 e. The molecule has 1 amide bonds. The van der Waals surface area contributed by atoms with Gasteiger partial charge in [0.25, 0.3) is 11.5 Å². The zero-order chi connectivity index (χ0) is 19.0. The number of pyridine rings is 1. The molecule has 3 heterocycles. The minimum atomic E-state index is -0.452. The summed E-state index contributed by atoms with van der Waals surface area (Å²) in [6.07, 6.45) is 2.21. The van der Waals surface area contributed by atoms with E-state index in [1.807, 2.05) is 6.07 Å². The molecule has 3 aromatic rings. The molecule has 27 heavy (non-hydrogen) atoms. The molecule has 0 saturated carbocycles. The summed E-state index contributed by atoms with van der Waals surface area (Å²) in [6, 6.07) is 11.7. The van der Waals surface area contributed by atoms with Gasteiger partial charge in [0.05, 0.1) is 30.5 Å². The summed E-state index contributed by atoms with van der Waals surface area (Å²) < 4.78 is 6.16. The maximum absolute atomic E-state index is 12.8. The summed E-state index contributed by atoms with van der Waals surface area (Å²) >= 11 is 0. The van der Waals surface area contributed by atoms with Crippen LogP contribution in [0.3, 0.4) is 0 Å². The van der Waals surface area contributed by atoms with Crippen LogP contribution in [0.5, 0.6) is 0 Å². The number of hydrogen-bond acceptors (Lipinski definition) is 5. The van der Waals surface area contributed by atoms with E-state index in [1.165, 1.54) is 11.5 Å². The van der Waals surface area contributed by atoms with Gasteiger partial charge in [0.15, 0.2) is 0 Å². The fourth-order valence-corrected chi connectivity index (χ4v) is 3.27.